The molecule has 5 atom stereocenters. The highest BCUT2D eigenvalue weighted by molar-refractivity contribution is 5.77. The number of likely N-dealkylation sites (tertiary alicyclic amines) is 1. The second kappa shape index (κ2) is 10.4. The van der Waals surface area contributed by atoms with Crippen molar-refractivity contribution in [1.29, 1.82) is 0 Å². The van der Waals surface area contributed by atoms with Gasteiger partial charge in [0.15, 0.2) is 0 Å². The number of nitrogens with zero attached hydrogens (tertiary/aromatic N) is 1. The maximum absolute atomic E-state index is 13.5. The van der Waals surface area contributed by atoms with E-state index in [1.165, 1.54) is 12.1 Å². The van der Waals surface area contributed by atoms with Gasteiger partial charge in [0.1, 0.15) is 6.61 Å². The van der Waals surface area contributed by atoms with Crippen molar-refractivity contribution in [2.24, 2.45) is 23.5 Å². The summed E-state index contributed by atoms with van der Waals surface area (Å²) in [5.41, 5.74) is 5.80. The normalized spacial score (nSPS) is 29.7. The Morgan fingerprint density at radius 2 is 1.92 bits per heavy atom. The summed E-state index contributed by atoms with van der Waals surface area (Å²) in [5.74, 6) is -0.398. The summed E-state index contributed by atoms with van der Waals surface area (Å²) in [7, 11) is 0. The van der Waals surface area contributed by atoms with Gasteiger partial charge in [0.2, 0.25) is 5.91 Å². The van der Waals surface area contributed by atoms with Crippen molar-refractivity contribution in [3.05, 3.63) is 53.6 Å². The Balaban J connectivity index is 1.29. The Morgan fingerprint density at radius 1 is 1.14 bits per heavy atom. The van der Waals surface area contributed by atoms with Gasteiger partial charge in [0, 0.05) is 48.1 Å². The van der Waals surface area contributed by atoms with E-state index in [2.05, 4.69) is 17.5 Å². The summed E-state index contributed by atoms with van der Waals surface area (Å²) in [6, 6.07) is 3.80. The fourth-order valence-electron chi connectivity index (χ4n) is 5.99. The summed E-state index contributed by atoms with van der Waals surface area (Å²) in [5, 5.41) is 3.51. The van der Waals surface area contributed by atoms with Crippen LogP contribution >= 0.6 is 0 Å². The van der Waals surface area contributed by atoms with Gasteiger partial charge in [-0.15, -0.1) is 0 Å². The highest BCUT2D eigenvalue weighted by Crippen LogP contribution is 2.49. The molecule has 5 rings (SSSR count). The minimum absolute atomic E-state index is 0.0167. The summed E-state index contributed by atoms with van der Waals surface area (Å²) in [6.45, 7) is 0.816. The number of carbonyl (C=O) groups excluding carboxylic acids is 2. The van der Waals surface area contributed by atoms with Gasteiger partial charge in [-0.1, -0.05) is 24.3 Å². The zero-order valence-electron chi connectivity index (χ0n) is 20.5. The molecule has 2 amide bonds. The van der Waals surface area contributed by atoms with E-state index in [0.717, 1.165) is 18.9 Å². The van der Waals surface area contributed by atoms with Crippen LogP contribution in [-0.4, -0.2) is 48.7 Å². The van der Waals surface area contributed by atoms with Crippen molar-refractivity contribution in [3.8, 4) is 0 Å². The maximum atomic E-state index is 13.5. The number of anilines is 1. The topological polar surface area (TPSA) is 93.9 Å². The molecule has 0 spiro atoms. The van der Waals surface area contributed by atoms with Crippen LogP contribution in [0.3, 0.4) is 0 Å². The number of ether oxygens (including phenoxy) is 2. The number of fused-ring (bicyclic) bond motifs is 3. The van der Waals surface area contributed by atoms with Gasteiger partial charge < -0.3 is 25.4 Å². The molecule has 3 aliphatic heterocycles. The van der Waals surface area contributed by atoms with Crippen LogP contribution in [0, 0.1) is 17.8 Å². The van der Waals surface area contributed by atoms with Crippen LogP contribution < -0.4 is 11.1 Å². The Morgan fingerprint density at radius 3 is 2.59 bits per heavy atom. The van der Waals surface area contributed by atoms with E-state index < -0.39 is 30.0 Å². The smallest absolute Gasteiger partial charge is 0.416 e. The van der Waals surface area contributed by atoms with Crippen LogP contribution in [0.4, 0.5) is 23.7 Å². The van der Waals surface area contributed by atoms with Gasteiger partial charge in [-0.2, -0.15) is 13.2 Å². The van der Waals surface area contributed by atoms with Crippen LogP contribution in [-0.2, 0) is 20.4 Å². The molecule has 3 heterocycles. The molecule has 2 fully saturated rings. The quantitative estimate of drug-likeness (QED) is 0.596. The van der Waals surface area contributed by atoms with Gasteiger partial charge in [0.25, 0.3) is 0 Å². The number of halogens is 3. The van der Waals surface area contributed by atoms with E-state index in [-0.39, 0.29) is 36.3 Å². The predicted octanol–water partition coefficient (Wildman–Crippen LogP) is 4.80. The summed E-state index contributed by atoms with van der Waals surface area (Å²) < 4.78 is 52.5. The van der Waals surface area contributed by atoms with Gasteiger partial charge in [0.05, 0.1) is 17.8 Å². The first-order chi connectivity index (χ1) is 17.7. The second-order valence-electron chi connectivity index (χ2n) is 10.3. The number of amides is 2. The fraction of sp³-hybridized carbons (Fsp3) is 0.556. The third kappa shape index (κ3) is 5.49. The minimum Gasteiger partial charge on any atom is -0.447 e. The molecule has 0 radical (unpaired) electrons. The number of benzene rings is 1. The lowest BCUT2D eigenvalue weighted by molar-refractivity contribution is -0.138. The van der Waals surface area contributed by atoms with Crippen LogP contribution in [0.1, 0.15) is 49.3 Å². The number of nitrogens with two attached hydrogens (primary N) is 1. The lowest BCUT2D eigenvalue weighted by Crippen LogP contribution is -2.48. The van der Waals surface area contributed by atoms with Crippen molar-refractivity contribution >= 4 is 17.7 Å². The molecule has 1 unspecified atom stereocenters. The van der Waals surface area contributed by atoms with E-state index in [4.69, 9.17) is 15.2 Å². The number of rotatable bonds is 4. The number of allylic oxidation sites excluding steroid dienone is 3. The molecule has 2 saturated heterocycles. The zero-order chi connectivity index (χ0) is 26.2. The molecular weight excluding hydrogens is 487 g/mol. The van der Waals surface area contributed by atoms with Crippen molar-refractivity contribution in [2.75, 3.05) is 25.0 Å². The third-order valence-corrected chi connectivity index (χ3v) is 8.04. The Kier molecular flexibility index (Phi) is 7.20. The summed E-state index contributed by atoms with van der Waals surface area (Å²) in [6.07, 6.45) is 5.58. The number of alkyl halides is 3. The maximum Gasteiger partial charge on any atom is 0.416 e. The number of hydrogen-bond acceptors (Lipinski definition) is 5. The van der Waals surface area contributed by atoms with Crippen molar-refractivity contribution in [1.82, 2.24) is 4.90 Å². The standard InChI is InChI=1S/C27H32F3N3O4/c28-27(29,30)18-6-9-22-21(14-18)24-20(23(32-22)16-4-2-1-3-5-16)8-7-19(37-24)15-36-26(35)33-12-10-17(11-13-33)25(31)34/h1-4,6,9,14,16-17,19-20,23-24,32H,5,7-8,10-13,15H2,(H2,31,34)/t16?,19-,20+,23+,24+/m1/s1. The number of piperidine rings is 1. The lowest BCUT2D eigenvalue weighted by Gasteiger charge is -2.47. The van der Waals surface area contributed by atoms with Crippen LogP contribution in [0.15, 0.2) is 42.5 Å². The molecule has 37 heavy (non-hydrogen) atoms. The van der Waals surface area contributed by atoms with Gasteiger partial charge in [-0.3, -0.25) is 4.79 Å². The lowest BCUT2D eigenvalue weighted by atomic mass is 9.73. The van der Waals surface area contributed by atoms with Crippen molar-refractivity contribution in [2.45, 2.75) is 56.5 Å². The highest BCUT2D eigenvalue weighted by Gasteiger charge is 2.45. The van der Waals surface area contributed by atoms with Crippen LogP contribution in [0.5, 0.6) is 0 Å². The van der Waals surface area contributed by atoms with Gasteiger partial charge in [-0.05, 0) is 50.3 Å². The molecule has 1 aliphatic carbocycles. The SMILES string of the molecule is NC(=O)C1CCN(C(=O)OC[C@H]2CC[C@@H]3[C@H](O2)c2cc(C(F)(F)F)ccc2N[C@H]3C2C=CC=CC2)CC1. The van der Waals surface area contributed by atoms with E-state index in [1.807, 2.05) is 12.2 Å². The third-order valence-electron chi connectivity index (χ3n) is 8.04. The van der Waals surface area contributed by atoms with Gasteiger partial charge >= 0.3 is 12.3 Å². The Labute approximate surface area is 213 Å². The first-order valence-electron chi connectivity index (χ1n) is 12.9. The first-order valence-corrected chi connectivity index (χ1v) is 12.9. The summed E-state index contributed by atoms with van der Waals surface area (Å²) in [4.78, 5) is 25.5. The molecule has 0 bridgehead atoms. The van der Waals surface area contributed by atoms with Gasteiger partial charge in [-0.25, -0.2) is 4.79 Å². The van der Waals surface area contributed by atoms with Crippen LogP contribution in [0.25, 0.3) is 0 Å². The van der Waals surface area contributed by atoms with E-state index in [9.17, 15) is 22.8 Å². The molecule has 1 aromatic carbocycles. The molecule has 200 valence electrons. The number of hydrogen-bond donors (Lipinski definition) is 2. The molecule has 7 nitrogen and oxygen atoms in total. The highest BCUT2D eigenvalue weighted by atomic mass is 19.4. The average Bonchev–Trinajstić information content (AvgIpc) is 2.91. The zero-order valence-corrected chi connectivity index (χ0v) is 20.5. The van der Waals surface area contributed by atoms with E-state index >= 15 is 0 Å². The average molecular weight is 520 g/mol. The summed E-state index contributed by atoms with van der Waals surface area (Å²) >= 11 is 0. The van der Waals surface area contributed by atoms with Crippen LogP contribution in [0.2, 0.25) is 0 Å². The molecule has 0 saturated carbocycles. The van der Waals surface area contributed by atoms with Crippen molar-refractivity contribution < 1.29 is 32.2 Å². The fourth-order valence-corrected chi connectivity index (χ4v) is 5.99. The second-order valence-corrected chi connectivity index (χ2v) is 10.3. The largest absolute Gasteiger partial charge is 0.447 e. The van der Waals surface area contributed by atoms with Crippen molar-refractivity contribution in [3.63, 3.8) is 0 Å². The number of carbonyl (C=O) groups is 2. The Bertz CT molecular complexity index is 1080. The first kappa shape index (κ1) is 25.6. The molecular formula is C27H32F3N3O4. The minimum atomic E-state index is -4.45. The molecule has 0 aromatic heterocycles. The number of nitrogens with one attached hydrogen (secondary N) is 1. The molecule has 10 heteroatoms. The molecule has 3 N–H and O–H groups in total. The molecule has 1 aromatic rings. The monoisotopic (exact) mass is 519 g/mol. The number of primary amides is 1. The van der Waals surface area contributed by atoms with E-state index in [1.54, 1.807) is 4.90 Å². The molecule has 4 aliphatic rings. The predicted molar refractivity (Wildman–Crippen MR) is 130 cm³/mol. The van der Waals surface area contributed by atoms with E-state index in [0.29, 0.717) is 43.6 Å². The Hall–Kier alpha value is -3.01.